The molecule has 4 rings (SSSR count). The number of aliphatic carboxylic acids is 1. The van der Waals surface area contributed by atoms with Gasteiger partial charge in [0.25, 0.3) is 5.91 Å². The van der Waals surface area contributed by atoms with Gasteiger partial charge in [-0.05, 0) is 63.6 Å². The topological polar surface area (TPSA) is 135 Å². The normalized spacial score (nSPS) is 18.4. The maximum atomic E-state index is 14.3. The fraction of sp³-hybridized carbons (Fsp3) is 0.621. The molecule has 1 aliphatic heterocycles. The van der Waals surface area contributed by atoms with Crippen molar-refractivity contribution in [1.29, 1.82) is 0 Å². The van der Waals surface area contributed by atoms with Crippen LogP contribution in [0.3, 0.4) is 0 Å². The van der Waals surface area contributed by atoms with Crippen LogP contribution in [0.15, 0.2) is 23.1 Å². The summed E-state index contributed by atoms with van der Waals surface area (Å²) in [4.78, 5) is 29.3. The maximum Gasteiger partial charge on any atom is 0.417 e. The molecule has 1 aromatic heterocycles. The van der Waals surface area contributed by atoms with Gasteiger partial charge in [-0.2, -0.15) is 13.2 Å². The van der Waals surface area contributed by atoms with Crippen LogP contribution in [0.5, 0.6) is 0 Å². The summed E-state index contributed by atoms with van der Waals surface area (Å²) in [6.07, 6.45) is 1.00. The highest BCUT2D eigenvalue weighted by Crippen LogP contribution is 2.41. The van der Waals surface area contributed by atoms with Crippen molar-refractivity contribution in [1.82, 2.24) is 15.0 Å². The van der Waals surface area contributed by atoms with Crippen molar-refractivity contribution in [3.05, 3.63) is 34.5 Å². The van der Waals surface area contributed by atoms with Crippen LogP contribution in [-0.2, 0) is 32.2 Å². The highest BCUT2D eigenvalue weighted by Gasteiger charge is 2.41. The summed E-state index contributed by atoms with van der Waals surface area (Å²) in [5, 5.41) is 12.5. The smallest absolute Gasteiger partial charge is 0.417 e. The van der Waals surface area contributed by atoms with Gasteiger partial charge in [0.15, 0.2) is 5.01 Å². The molecule has 2 aromatic rings. The number of alkyl halides is 3. The van der Waals surface area contributed by atoms with Gasteiger partial charge in [-0.3, -0.25) is 9.59 Å². The summed E-state index contributed by atoms with van der Waals surface area (Å²) in [5.41, 5.74) is -2.92. The van der Waals surface area contributed by atoms with Crippen LogP contribution in [-0.4, -0.2) is 55.7 Å². The van der Waals surface area contributed by atoms with E-state index in [1.807, 2.05) is 0 Å². The van der Waals surface area contributed by atoms with Gasteiger partial charge in [-0.15, -0.1) is 11.3 Å². The van der Waals surface area contributed by atoms with Crippen molar-refractivity contribution in [2.24, 2.45) is 11.3 Å². The molecule has 1 aromatic carbocycles. The van der Waals surface area contributed by atoms with Gasteiger partial charge < -0.3 is 15.2 Å². The maximum absolute atomic E-state index is 14.3. The Kier molecular flexibility index (Phi) is 9.94. The summed E-state index contributed by atoms with van der Waals surface area (Å²) < 4.78 is 76.2. The number of carboxylic acids is 1. The van der Waals surface area contributed by atoms with Gasteiger partial charge in [0.05, 0.1) is 26.4 Å². The Morgan fingerprint density at radius 1 is 1.12 bits per heavy atom. The zero-order valence-electron chi connectivity index (χ0n) is 24.5. The van der Waals surface area contributed by atoms with Gasteiger partial charge in [0, 0.05) is 25.3 Å². The molecule has 14 heteroatoms. The number of benzene rings is 1. The number of thiazole rings is 1. The molecular weight excluding hydrogens is 607 g/mol. The van der Waals surface area contributed by atoms with Gasteiger partial charge in [0.2, 0.25) is 10.0 Å². The van der Waals surface area contributed by atoms with E-state index in [2.05, 4.69) is 15.0 Å². The Morgan fingerprint density at radius 3 is 2.35 bits per heavy atom. The monoisotopic (exact) mass is 645 g/mol. The first-order valence-corrected chi connectivity index (χ1v) is 16.7. The third-order valence-corrected chi connectivity index (χ3v) is 10.8. The molecular formula is C29H38F3N3O6S2. The standard InChI is InChI=1S/C29H38F3N3O6S2/c1-27(2,3)35-43(39,40)22-10-9-19(16-20(22)29(30,31)32)23-21(15-18-7-5-4-6-8-18)34-25(42-23)24(36)33-17-28(26(37)38)11-13-41-14-12-28/h9-10,16,18,35H,4-8,11-15,17H2,1-3H3,(H,33,36)(H,37,38). The van der Waals surface area contributed by atoms with Crippen LogP contribution >= 0.6 is 11.3 Å². The molecule has 3 N–H and O–H groups in total. The van der Waals surface area contributed by atoms with Gasteiger partial charge >= 0.3 is 12.1 Å². The predicted molar refractivity (Wildman–Crippen MR) is 155 cm³/mol. The van der Waals surface area contributed by atoms with Gasteiger partial charge in [-0.25, -0.2) is 18.1 Å². The second kappa shape index (κ2) is 12.8. The van der Waals surface area contributed by atoms with Crippen LogP contribution in [0.25, 0.3) is 10.4 Å². The quantitative estimate of drug-likeness (QED) is 0.321. The largest absolute Gasteiger partial charge is 0.481 e. The first kappa shape index (κ1) is 33.3. The second-order valence-electron chi connectivity index (χ2n) is 12.4. The first-order valence-electron chi connectivity index (χ1n) is 14.4. The molecule has 1 saturated carbocycles. The summed E-state index contributed by atoms with van der Waals surface area (Å²) in [7, 11) is -4.51. The van der Waals surface area contributed by atoms with E-state index in [1.54, 1.807) is 0 Å². The number of ether oxygens (including phenoxy) is 1. The number of hydrogen-bond donors (Lipinski definition) is 3. The number of aromatic nitrogens is 1. The predicted octanol–water partition coefficient (Wildman–Crippen LogP) is 5.64. The van der Waals surface area contributed by atoms with Crippen molar-refractivity contribution in [2.75, 3.05) is 19.8 Å². The van der Waals surface area contributed by atoms with E-state index >= 15 is 0 Å². The zero-order chi connectivity index (χ0) is 31.6. The minimum atomic E-state index is -4.97. The van der Waals surface area contributed by atoms with Crippen molar-refractivity contribution in [3.8, 4) is 10.4 Å². The molecule has 0 spiro atoms. The second-order valence-corrected chi connectivity index (χ2v) is 15.1. The molecule has 0 unspecified atom stereocenters. The summed E-state index contributed by atoms with van der Waals surface area (Å²) in [6.45, 7) is 4.99. The third kappa shape index (κ3) is 8.14. The minimum Gasteiger partial charge on any atom is -0.481 e. The highest BCUT2D eigenvalue weighted by molar-refractivity contribution is 7.89. The SMILES string of the molecule is CC(C)(C)NS(=O)(=O)c1ccc(-c2sc(C(=O)NCC3(C(=O)O)CCOCC3)nc2CC2CCCCC2)cc1C(F)(F)F. The van der Waals surface area contributed by atoms with E-state index < -0.39 is 49.5 Å². The molecule has 0 radical (unpaired) electrons. The lowest BCUT2D eigenvalue weighted by Gasteiger charge is -2.32. The number of halogens is 3. The number of carbonyl (C=O) groups is 2. The molecule has 2 fully saturated rings. The number of nitrogens with one attached hydrogen (secondary N) is 2. The van der Waals surface area contributed by atoms with E-state index in [-0.39, 0.29) is 49.1 Å². The Labute approximate surface area is 253 Å². The third-order valence-electron chi connectivity index (χ3n) is 7.87. The minimum absolute atomic E-state index is 0.00747. The first-order chi connectivity index (χ1) is 20.0. The average molecular weight is 646 g/mol. The highest BCUT2D eigenvalue weighted by atomic mass is 32.2. The lowest BCUT2D eigenvalue weighted by Crippen LogP contribution is -2.46. The van der Waals surface area contributed by atoms with Crippen LogP contribution in [0.4, 0.5) is 13.2 Å². The average Bonchev–Trinajstić information content (AvgIpc) is 3.34. The molecule has 9 nitrogen and oxygen atoms in total. The fourth-order valence-corrected chi connectivity index (χ4v) is 8.25. The van der Waals surface area contributed by atoms with E-state index in [0.29, 0.717) is 17.0 Å². The van der Waals surface area contributed by atoms with Crippen LogP contribution in [0.1, 0.15) is 86.8 Å². The number of rotatable bonds is 9. The lowest BCUT2D eigenvalue weighted by molar-refractivity contribution is -0.154. The molecule has 0 atom stereocenters. The van der Waals surface area contributed by atoms with Crippen molar-refractivity contribution in [2.45, 2.75) is 88.7 Å². The summed E-state index contributed by atoms with van der Waals surface area (Å²) in [5.74, 6) is -1.40. The number of sulfonamides is 1. The number of amides is 1. The lowest BCUT2D eigenvalue weighted by atomic mass is 9.80. The molecule has 2 aliphatic rings. The van der Waals surface area contributed by atoms with Gasteiger partial charge in [0.1, 0.15) is 0 Å². The van der Waals surface area contributed by atoms with E-state index in [4.69, 9.17) is 4.74 Å². The van der Waals surface area contributed by atoms with Crippen LogP contribution in [0.2, 0.25) is 0 Å². The van der Waals surface area contributed by atoms with Crippen molar-refractivity contribution >= 4 is 33.2 Å². The molecule has 2 heterocycles. The van der Waals surface area contributed by atoms with E-state index in [1.165, 1.54) is 26.8 Å². The number of carboxylic acid groups (broad SMARTS) is 1. The Hall–Kier alpha value is -2.55. The van der Waals surface area contributed by atoms with Crippen molar-refractivity contribution < 1.29 is 41.0 Å². The molecule has 1 saturated heterocycles. The number of hydrogen-bond acceptors (Lipinski definition) is 7. The molecule has 1 aliphatic carbocycles. The fourth-order valence-electron chi connectivity index (χ4n) is 5.62. The molecule has 238 valence electrons. The Bertz CT molecular complexity index is 1440. The summed E-state index contributed by atoms with van der Waals surface area (Å²) >= 11 is 0.918. The van der Waals surface area contributed by atoms with Crippen LogP contribution < -0.4 is 10.0 Å². The number of carbonyl (C=O) groups excluding carboxylic acids is 1. The summed E-state index contributed by atoms with van der Waals surface area (Å²) in [6, 6.07) is 3.06. The van der Waals surface area contributed by atoms with Gasteiger partial charge in [-0.1, -0.05) is 38.2 Å². The molecule has 43 heavy (non-hydrogen) atoms. The van der Waals surface area contributed by atoms with E-state index in [9.17, 15) is 36.3 Å². The van der Waals surface area contributed by atoms with Crippen LogP contribution in [0, 0.1) is 11.3 Å². The molecule has 0 bridgehead atoms. The Morgan fingerprint density at radius 2 is 1.77 bits per heavy atom. The molecule has 1 amide bonds. The number of nitrogens with zero attached hydrogens (tertiary/aromatic N) is 1. The Balaban J connectivity index is 1.72. The van der Waals surface area contributed by atoms with E-state index in [0.717, 1.165) is 55.6 Å². The zero-order valence-corrected chi connectivity index (χ0v) is 26.1. The van der Waals surface area contributed by atoms with Crippen molar-refractivity contribution in [3.63, 3.8) is 0 Å².